The first-order valence-electron chi connectivity index (χ1n) is 7.53. The first-order chi connectivity index (χ1) is 11.1. The van der Waals surface area contributed by atoms with Gasteiger partial charge in [0.25, 0.3) is 11.8 Å². The average Bonchev–Trinajstić information content (AvgIpc) is 2.55. The number of amides is 2. The fourth-order valence-corrected chi connectivity index (χ4v) is 2.53. The number of aryl methyl sites for hydroxylation is 1. The van der Waals surface area contributed by atoms with Crippen LogP contribution in [0.1, 0.15) is 22.8 Å². The molecule has 1 aliphatic rings. The maximum atomic E-state index is 12.3. The number of ether oxygens (including phenoxy) is 1. The minimum atomic E-state index is -0.184. The molecule has 2 aromatic carbocycles. The maximum Gasteiger partial charge on any atom is 0.265 e. The number of rotatable bonds is 3. The van der Waals surface area contributed by atoms with Crippen LogP contribution in [0.4, 0.5) is 11.4 Å². The topological polar surface area (TPSA) is 58.6 Å². The van der Waals surface area contributed by atoms with Gasteiger partial charge in [-0.15, -0.1) is 0 Å². The van der Waals surface area contributed by atoms with Crippen LogP contribution in [-0.4, -0.2) is 25.0 Å². The van der Waals surface area contributed by atoms with Crippen molar-refractivity contribution in [2.45, 2.75) is 13.8 Å². The lowest BCUT2D eigenvalue weighted by molar-refractivity contribution is -0.121. The predicted octanol–water partition coefficient (Wildman–Crippen LogP) is 2.99. The summed E-state index contributed by atoms with van der Waals surface area (Å²) in [6.07, 6.45) is 0. The molecule has 0 atom stereocenters. The highest BCUT2D eigenvalue weighted by Gasteiger charge is 2.24. The van der Waals surface area contributed by atoms with Gasteiger partial charge in [-0.05, 0) is 44.2 Å². The van der Waals surface area contributed by atoms with E-state index in [1.807, 2.05) is 26.0 Å². The summed E-state index contributed by atoms with van der Waals surface area (Å²) in [7, 11) is 0. The van der Waals surface area contributed by atoms with E-state index in [9.17, 15) is 9.59 Å². The zero-order valence-electron chi connectivity index (χ0n) is 13.1. The smallest absolute Gasteiger partial charge is 0.265 e. The second-order valence-corrected chi connectivity index (χ2v) is 5.43. The molecule has 0 radical (unpaired) electrons. The van der Waals surface area contributed by atoms with Crippen molar-refractivity contribution in [2.75, 3.05) is 23.4 Å². The van der Waals surface area contributed by atoms with E-state index >= 15 is 0 Å². The molecule has 3 rings (SSSR count). The van der Waals surface area contributed by atoms with Gasteiger partial charge >= 0.3 is 0 Å². The van der Waals surface area contributed by atoms with Gasteiger partial charge in [-0.25, -0.2) is 0 Å². The number of hydrogen-bond acceptors (Lipinski definition) is 3. The molecule has 5 nitrogen and oxygen atoms in total. The van der Waals surface area contributed by atoms with E-state index in [1.165, 1.54) is 0 Å². The van der Waals surface area contributed by atoms with Crippen LogP contribution < -0.4 is 15.0 Å². The fraction of sp³-hybridized carbons (Fsp3) is 0.222. The zero-order chi connectivity index (χ0) is 16.4. The Bertz CT molecular complexity index is 753. The number of nitrogens with one attached hydrogen (secondary N) is 1. The van der Waals surface area contributed by atoms with Gasteiger partial charge in [0.1, 0.15) is 5.75 Å². The van der Waals surface area contributed by atoms with E-state index in [-0.39, 0.29) is 18.4 Å². The molecule has 0 saturated carbocycles. The zero-order valence-corrected chi connectivity index (χ0v) is 13.1. The normalized spacial score (nSPS) is 13.3. The summed E-state index contributed by atoms with van der Waals surface area (Å²) >= 11 is 0. The summed E-state index contributed by atoms with van der Waals surface area (Å²) in [6, 6.07) is 12.7. The molecule has 118 valence electrons. The Morgan fingerprint density at radius 2 is 1.96 bits per heavy atom. The lowest BCUT2D eigenvalue weighted by atomic mass is 10.1. The molecule has 0 saturated heterocycles. The molecule has 0 unspecified atom stereocenters. The highest BCUT2D eigenvalue weighted by Crippen LogP contribution is 2.34. The highest BCUT2D eigenvalue weighted by atomic mass is 16.5. The Hall–Kier alpha value is -2.82. The lowest BCUT2D eigenvalue weighted by Gasteiger charge is -2.28. The summed E-state index contributed by atoms with van der Waals surface area (Å²) in [6.45, 7) is 4.49. The Balaban J connectivity index is 1.84. The van der Waals surface area contributed by atoms with Crippen molar-refractivity contribution in [3.63, 3.8) is 0 Å². The van der Waals surface area contributed by atoms with Gasteiger partial charge in [0, 0.05) is 17.8 Å². The van der Waals surface area contributed by atoms with Gasteiger partial charge in [0.15, 0.2) is 6.61 Å². The second-order valence-electron chi connectivity index (χ2n) is 5.43. The van der Waals surface area contributed by atoms with E-state index in [0.717, 1.165) is 5.56 Å². The Morgan fingerprint density at radius 3 is 2.65 bits per heavy atom. The summed E-state index contributed by atoms with van der Waals surface area (Å²) in [4.78, 5) is 25.8. The molecule has 2 amide bonds. The second kappa shape index (κ2) is 6.12. The Labute approximate surface area is 134 Å². The monoisotopic (exact) mass is 310 g/mol. The van der Waals surface area contributed by atoms with Crippen LogP contribution in [0.25, 0.3) is 0 Å². The van der Waals surface area contributed by atoms with Crippen molar-refractivity contribution < 1.29 is 14.3 Å². The summed E-state index contributed by atoms with van der Waals surface area (Å²) in [5.41, 5.74) is 3.01. The van der Waals surface area contributed by atoms with Crippen molar-refractivity contribution in [1.82, 2.24) is 0 Å². The summed E-state index contributed by atoms with van der Waals surface area (Å²) in [5.74, 6) is 0.387. The fourth-order valence-electron chi connectivity index (χ4n) is 2.53. The number of likely N-dealkylation sites (N-methyl/N-ethyl adjacent to an activating group) is 1. The van der Waals surface area contributed by atoms with Gasteiger partial charge in [0.05, 0.1) is 5.69 Å². The number of benzene rings is 2. The molecule has 1 heterocycles. The van der Waals surface area contributed by atoms with Gasteiger partial charge in [-0.3, -0.25) is 9.59 Å². The summed E-state index contributed by atoms with van der Waals surface area (Å²) in [5, 5.41) is 2.85. The highest BCUT2D eigenvalue weighted by molar-refractivity contribution is 6.05. The number of carbonyl (C=O) groups is 2. The van der Waals surface area contributed by atoms with Crippen molar-refractivity contribution >= 4 is 23.2 Å². The number of carbonyl (C=O) groups excluding carboxylic acids is 2. The molecule has 0 aliphatic carbocycles. The molecular formula is C18H18N2O3. The number of hydrogen-bond donors (Lipinski definition) is 1. The van der Waals surface area contributed by atoms with Crippen LogP contribution in [-0.2, 0) is 4.79 Å². The molecule has 1 aliphatic heterocycles. The molecule has 0 spiro atoms. The largest absolute Gasteiger partial charge is 0.482 e. The van der Waals surface area contributed by atoms with E-state index in [4.69, 9.17) is 4.74 Å². The minimum Gasteiger partial charge on any atom is -0.482 e. The van der Waals surface area contributed by atoms with Crippen LogP contribution in [0.3, 0.4) is 0 Å². The van der Waals surface area contributed by atoms with E-state index in [0.29, 0.717) is 29.2 Å². The van der Waals surface area contributed by atoms with Crippen LogP contribution in [0.5, 0.6) is 5.75 Å². The molecule has 0 fully saturated rings. The first-order valence-corrected chi connectivity index (χ1v) is 7.53. The van der Waals surface area contributed by atoms with Crippen molar-refractivity contribution in [2.24, 2.45) is 0 Å². The molecule has 2 aromatic rings. The SMILES string of the molecule is CCN1C(=O)COc2ccc(NC(=O)c3ccc(C)cc3)cc21. The van der Waals surface area contributed by atoms with Gasteiger partial charge < -0.3 is 15.0 Å². The molecular weight excluding hydrogens is 292 g/mol. The minimum absolute atomic E-state index is 0.0515. The number of anilines is 2. The van der Waals surface area contributed by atoms with Crippen LogP contribution >= 0.6 is 0 Å². The van der Waals surface area contributed by atoms with Gasteiger partial charge in [0.2, 0.25) is 0 Å². The molecule has 5 heteroatoms. The van der Waals surface area contributed by atoms with Crippen molar-refractivity contribution in [3.05, 3.63) is 53.6 Å². The summed E-state index contributed by atoms with van der Waals surface area (Å²) < 4.78 is 5.42. The molecule has 0 bridgehead atoms. The average molecular weight is 310 g/mol. The van der Waals surface area contributed by atoms with Crippen molar-refractivity contribution in [3.8, 4) is 5.75 Å². The first kappa shape index (κ1) is 15.1. The standard InChI is InChI=1S/C18H18N2O3/c1-3-20-15-10-14(8-9-16(15)23-11-17(20)21)19-18(22)13-6-4-12(2)5-7-13/h4-10H,3,11H2,1-2H3,(H,19,22). The van der Waals surface area contributed by atoms with Crippen LogP contribution in [0.2, 0.25) is 0 Å². The Kier molecular flexibility index (Phi) is 4.02. The molecule has 23 heavy (non-hydrogen) atoms. The van der Waals surface area contributed by atoms with E-state index < -0.39 is 0 Å². The third-order valence-electron chi connectivity index (χ3n) is 3.79. The molecule has 0 aromatic heterocycles. The third kappa shape index (κ3) is 3.04. The lowest BCUT2D eigenvalue weighted by Crippen LogP contribution is -2.38. The van der Waals surface area contributed by atoms with Crippen LogP contribution in [0, 0.1) is 6.92 Å². The van der Waals surface area contributed by atoms with Gasteiger partial charge in [-0.1, -0.05) is 17.7 Å². The van der Waals surface area contributed by atoms with Crippen LogP contribution in [0.15, 0.2) is 42.5 Å². The van der Waals surface area contributed by atoms with E-state index in [2.05, 4.69) is 5.32 Å². The van der Waals surface area contributed by atoms with Crippen molar-refractivity contribution in [1.29, 1.82) is 0 Å². The van der Waals surface area contributed by atoms with Gasteiger partial charge in [-0.2, -0.15) is 0 Å². The number of nitrogens with zero attached hydrogens (tertiary/aromatic N) is 1. The maximum absolute atomic E-state index is 12.3. The quantitative estimate of drug-likeness (QED) is 0.948. The Morgan fingerprint density at radius 1 is 1.22 bits per heavy atom. The predicted molar refractivity (Wildman–Crippen MR) is 89.1 cm³/mol. The number of fused-ring (bicyclic) bond motifs is 1. The third-order valence-corrected chi connectivity index (χ3v) is 3.79. The van der Waals surface area contributed by atoms with E-state index in [1.54, 1.807) is 35.2 Å². The molecule has 1 N–H and O–H groups in total.